The molecule has 0 unspecified atom stereocenters. The van der Waals surface area contributed by atoms with Gasteiger partial charge in [0.2, 0.25) is 5.91 Å². The fourth-order valence-electron chi connectivity index (χ4n) is 3.22. The van der Waals surface area contributed by atoms with Crippen LogP contribution in [-0.2, 0) is 14.8 Å². The van der Waals surface area contributed by atoms with E-state index in [-0.39, 0.29) is 17.7 Å². The number of hydrogen-bond donors (Lipinski definition) is 2. The van der Waals surface area contributed by atoms with Crippen LogP contribution in [0, 0.1) is 19.8 Å². The minimum Gasteiger partial charge on any atom is -0.355 e. The van der Waals surface area contributed by atoms with Crippen molar-refractivity contribution >= 4 is 49.5 Å². The van der Waals surface area contributed by atoms with E-state index in [0.717, 1.165) is 10.4 Å². The maximum atomic E-state index is 12.7. The van der Waals surface area contributed by atoms with Gasteiger partial charge in [0.05, 0.1) is 5.56 Å². The van der Waals surface area contributed by atoms with Crippen molar-refractivity contribution in [2.45, 2.75) is 30.9 Å². The summed E-state index contributed by atoms with van der Waals surface area (Å²) in [7, 11) is -1.92. The number of nitrogens with zero attached hydrogens (tertiary/aromatic N) is 1. The zero-order chi connectivity index (χ0) is 20.5. The Labute approximate surface area is 172 Å². The summed E-state index contributed by atoms with van der Waals surface area (Å²) in [4.78, 5) is 25.9. The molecular formula is C18H23N3O4S3. The van der Waals surface area contributed by atoms with Gasteiger partial charge in [0, 0.05) is 30.9 Å². The number of piperidine rings is 1. The summed E-state index contributed by atoms with van der Waals surface area (Å²) in [6.45, 7) is 4.39. The fraction of sp³-hybridized carbons (Fsp3) is 0.444. The van der Waals surface area contributed by atoms with Gasteiger partial charge in [0.25, 0.3) is 15.9 Å². The van der Waals surface area contributed by atoms with Gasteiger partial charge in [-0.3, -0.25) is 9.59 Å². The van der Waals surface area contributed by atoms with Crippen molar-refractivity contribution < 1.29 is 18.0 Å². The third-order valence-electron chi connectivity index (χ3n) is 4.99. The van der Waals surface area contributed by atoms with Crippen LogP contribution in [-0.4, -0.2) is 44.7 Å². The van der Waals surface area contributed by atoms with Crippen LogP contribution in [0.5, 0.6) is 0 Å². The monoisotopic (exact) mass is 441 g/mol. The second kappa shape index (κ2) is 8.32. The number of hydrogen-bond acceptors (Lipinski definition) is 6. The van der Waals surface area contributed by atoms with Crippen LogP contribution in [0.2, 0.25) is 0 Å². The van der Waals surface area contributed by atoms with Gasteiger partial charge < -0.3 is 10.6 Å². The Hall–Kier alpha value is -1.75. The molecule has 3 heterocycles. The summed E-state index contributed by atoms with van der Waals surface area (Å²) in [5, 5.41) is 7.79. The lowest BCUT2D eigenvalue weighted by Crippen LogP contribution is -2.41. The zero-order valence-corrected chi connectivity index (χ0v) is 18.4. The molecule has 0 radical (unpaired) electrons. The number of rotatable bonds is 5. The zero-order valence-electron chi connectivity index (χ0n) is 15.9. The van der Waals surface area contributed by atoms with Gasteiger partial charge >= 0.3 is 0 Å². The van der Waals surface area contributed by atoms with Gasteiger partial charge in [-0.05, 0) is 43.7 Å². The third-order valence-corrected chi connectivity index (χ3v) is 9.38. The minimum absolute atomic E-state index is 0.167. The van der Waals surface area contributed by atoms with Crippen molar-refractivity contribution in [3.63, 3.8) is 0 Å². The first-order valence-corrected chi connectivity index (χ1v) is 12.1. The second-order valence-electron chi connectivity index (χ2n) is 6.67. The second-order valence-corrected chi connectivity index (χ2v) is 11.0. The quantitative estimate of drug-likeness (QED) is 0.746. The summed E-state index contributed by atoms with van der Waals surface area (Å²) in [6.07, 6.45) is 0.907. The molecule has 2 amide bonds. The van der Waals surface area contributed by atoms with Crippen molar-refractivity contribution in [2.75, 3.05) is 25.5 Å². The van der Waals surface area contributed by atoms with Gasteiger partial charge in [-0.2, -0.15) is 4.31 Å². The number of carbonyl (C=O) groups excluding carboxylic acids is 2. The highest BCUT2D eigenvalue weighted by molar-refractivity contribution is 7.91. The first-order chi connectivity index (χ1) is 13.3. The fourth-order valence-corrected chi connectivity index (χ4v) is 6.90. The van der Waals surface area contributed by atoms with E-state index < -0.39 is 10.0 Å². The molecule has 0 spiro atoms. The highest BCUT2D eigenvalue weighted by Gasteiger charge is 2.33. The molecule has 1 saturated heterocycles. The molecule has 0 atom stereocenters. The maximum absolute atomic E-state index is 12.7. The third kappa shape index (κ3) is 4.00. The van der Waals surface area contributed by atoms with Crippen LogP contribution in [0.4, 0.5) is 5.00 Å². The van der Waals surface area contributed by atoms with Crippen LogP contribution >= 0.6 is 22.7 Å². The molecule has 1 aliphatic rings. The van der Waals surface area contributed by atoms with E-state index in [1.54, 1.807) is 24.6 Å². The van der Waals surface area contributed by atoms with Crippen LogP contribution in [0.15, 0.2) is 21.7 Å². The molecule has 3 rings (SSSR count). The number of nitrogens with one attached hydrogen (secondary N) is 2. The van der Waals surface area contributed by atoms with Crippen LogP contribution < -0.4 is 10.6 Å². The van der Waals surface area contributed by atoms with Crippen molar-refractivity contribution in [2.24, 2.45) is 5.92 Å². The largest absolute Gasteiger partial charge is 0.355 e. The Morgan fingerprint density at radius 2 is 1.89 bits per heavy atom. The van der Waals surface area contributed by atoms with Gasteiger partial charge in [0.1, 0.15) is 9.21 Å². The van der Waals surface area contributed by atoms with Gasteiger partial charge in [-0.25, -0.2) is 8.42 Å². The number of anilines is 1. The average molecular weight is 442 g/mol. The van der Waals surface area contributed by atoms with E-state index >= 15 is 0 Å². The number of thiophene rings is 2. The van der Waals surface area contributed by atoms with Crippen LogP contribution in [0.3, 0.4) is 0 Å². The maximum Gasteiger partial charge on any atom is 0.254 e. The smallest absolute Gasteiger partial charge is 0.254 e. The summed E-state index contributed by atoms with van der Waals surface area (Å²) in [5.74, 6) is -0.677. The number of carbonyl (C=O) groups is 2. The van der Waals surface area contributed by atoms with E-state index in [2.05, 4.69) is 10.6 Å². The van der Waals surface area contributed by atoms with Crippen molar-refractivity contribution in [1.29, 1.82) is 0 Å². The minimum atomic E-state index is -3.48. The molecule has 2 aromatic rings. The molecule has 0 aromatic carbocycles. The molecule has 152 valence electrons. The van der Waals surface area contributed by atoms with Gasteiger partial charge in [0.15, 0.2) is 0 Å². The van der Waals surface area contributed by atoms with E-state index in [4.69, 9.17) is 0 Å². The topological polar surface area (TPSA) is 95.6 Å². The van der Waals surface area contributed by atoms with E-state index in [9.17, 15) is 18.0 Å². The molecule has 7 nitrogen and oxygen atoms in total. The number of sulfonamides is 1. The molecule has 1 fully saturated rings. The van der Waals surface area contributed by atoms with E-state index in [1.165, 1.54) is 27.0 Å². The Morgan fingerprint density at radius 1 is 1.21 bits per heavy atom. The Morgan fingerprint density at radius 3 is 2.46 bits per heavy atom. The molecule has 1 aliphatic heterocycles. The molecule has 0 saturated carbocycles. The normalized spacial score (nSPS) is 16.1. The van der Waals surface area contributed by atoms with E-state index in [0.29, 0.717) is 40.7 Å². The standard InChI is InChI=1S/C18H23N3O4S3/c1-11-12(2)27-18(15(11)17(23)19-3)20-16(22)13-6-8-21(9-7-13)28(24,25)14-5-4-10-26-14/h4-5,10,13H,6-9H2,1-3H3,(H,19,23)(H,20,22). The number of aryl methyl sites for hydroxylation is 1. The number of amides is 2. The Balaban J connectivity index is 1.67. The van der Waals surface area contributed by atoms with Gasteiger partial charge in [-0.15, -0.1) is 22.7 Å². The summed E-state index contributed by atoms with van der Waals surface area (Å²) >= 11 is 2.58. The lowest BCUT2D eigenvalue weighted by Gasteiger charge is -2.30. The summed E-state index contributed by atoms with van der Waals surface area (Å²) < 4.78 is 27.0. The molecule has 28 heavy (non-hydrogen) atoms. The van der Waals surface area contributed by atoms with Gasteiger partial charge in [-0.1, -0.05) is 6.07 Å². The van der Waals surface area contributed by atoms with E-state index in [1.807, 2.05) is 13.8 Å². The molecular weight excluding hydrogens is 418 g/mol. The molecule has 10 heteroatoms. The Bertz CT molecular complexity index is 972. The average Bonchev–Trinajstić information content (AvgIpc) is 3.31. The lowest BCUT2D eigenvalue weighted by molar-refractivity contribution is -0.120. The molecule has 2 N–H and O–H groups in total. The highest BCUT2D eigenvalue weighted by atomic mass is 32.2. The predicted octanol–water partition coefficient (Wildman–Crippen LogP) is 2.83. The summed E-state index contributed by atoms with van der Waals surface area (Å²) in [5.41, 5.74) is 1.35. The Kier molecular flexibility index (Phi) is 6.23. The van der Waals surface area contributed by atoms with Crippen molar-refractivity contribution in [1.82, 2.24) is 9.62 Å². The summed E-state index contributed by atoms with van der Waals surface area (Å²) in [6, 6.07) is 3.31. The molecule has 2 aromatic heterocycles. The van der Waals surface area contributed by atoms with Crippen molar-refractivity contribution in [3.05, 3.63) is 33.5 Å². The molecule has 0 bridgehead atoms. The molecule has 0 aliphatic carbocycles. The highest BCUT2D eigenvalue weighted by Crippen LogP contribution is 2.33. The SMILES string of the molecule is CNC(=O)c1c(NC(=O)C2CCN(S(=O)(=O)c3cccs3)CC2)sc(C)c1C. The first kappa shape index (κ1) is 21.0. The van der Waals surface area contributed by atoms with Crippen LogP contribution in [0.1, 0.15) is 33.6 Å². The predicted molar refractivity (Wildman–Crippen MR) is 112 cm³/mol. The van der Waals surface area contributed by atoms with Crippen molar-refractivity contribution in [3.8, 4) is 0 Å². The van der Waals surface area contributed by atoms with Crippen LogP contribution in [0.25, 0.3) is 0 Å². The first-order valence-electron chi connectivity index (χ1n) is 8.92. The lowest BCUT2D eigenvalue weighted by atomic mass is 9.97.